The summed E-state index contributed by atoms with van der Waals surface area (Å²) in [7, 11) is 0. The third-order valence-corrected chi connectivity index (χ3v) is 6.44. The van der Waals surface area contributed by atoms with Gasteiger partial charge in [0.2, 0.25) is 0 Å². The van der Waals surface area contributed by atoms with E-state index in [2.05, 4.69) is 62.9 Å². The van der Waals surface area contributed by atoms with Crippen LogP contribution >= 0.6 is 0 Å². The average molecular weight is 293 g/mol. The topological polar surface area (TPSA) is 3.24 Å². The standard InChI is InChI=1S/C21H27N/c1-5-17-13-22-9-8-21(12-16(4)18(17)11-20(21)22)19-10-14(2)6-7-15(19)3/h5-7,10,12,18,20H,8-9,11,13H2,1-4H3/b17-5+/t18?,20-,21?/m0/s1. The van der Waals surface area contributed by atoms with Crippen LogP contribution in [-0.2, 0) is 5.41 Å². The van der Waals surface area contributed by atoms with E-state index in [1.165, 1.54) is 37.1 Å². The Bertz CT molecular complexity index is 681. The lowest BCUT2D eigenvalue weighted by Gasteiger charge is -2.48. The molecule has 116 valence electrons. The van der Waals surface area contributed by atoms with Gasteiger partial charge in [0, 0.05) is 30.5 Å². The Labute approximate surface area is 134 Å². The Morgan fingerprint density at radius 1 is 1.23 bits per heavy atom. The quantitative estimate of drug-likeness (QED) is 0.687. The number of piperidine rings is 1. The summed E-state index contributed by atoms with van der Waals surface area (Å²) in [5.74, 6) is 0.697. The van der Waals surface area contributed by atoms with Crippen LogP contribution in [0.1, 0.15) is 43.4 Å². The van der Waals surface area contributed by atoms with Gasteiger partial charge in [0.05, 0.1) is 0 Å². The van der Waals surface area contributed by atoms with Crippen molar-refractivity contribution in [2.24, 2.45) is 5.92 Å². The summed E-state index contributed by atoms with van der Waals surface area (Å²) in [5, 5.41) is 0. The van der Waals surface area contributed by atoms with Crippen LogP contribution in [0.15, 0.2) is 41.5 Å². The molecule has 0 N–H and O–H groups in total. The van der Waals surface area contributed by atoms with Gasteiger partial charge in [-0.1, -0.05) is 47.1 Å². The predicted molar refractivity (Wildman–Crippen MR) is 93.2 cm³/mol. The summed E-state index contributed by atoms with van der Waals surface area (Å²) < 4.78 is 0. The van der Waals surface area contributed by atoms with Crippen LogP contribution in [0.25, 0.3) is 0 Å². The molecule has 1 heteroatoms. The van der Waals surface area contributed by atoms with Gasteiger partial charge in [0.1, 0.15) is 0 Å². The van der Waals surface area contributed by atoms with E-state index in [9.17, 15) is 0 Å². The zero-order valence-corrected chi connectivity index (χ0v) is 14.3. The molecule has 0 radical (unpaired) electrons. The van der Waals surface area contributed by atoms with Crippen molar-refractivity contribution >= 4 is 0 Å². The first-order valence-electron chi connectivity index (χ1n) is 8.71. The fourth-order valence-electron chi connectivity index (χ4n) is 5.32. The van der Waals surface area contributed by atoms with Crippen LogP contribution < -0.4 is 0 Å². The third-order valence-electron chi connectivity index (χ3n) is 6.44. The van der Waals surface area contributed by atoms with Gasteiger partial charge in [-0.05, 0) is 51.7 Å². The molecule has 0 saturated carbocycles. The van der Waals surface area contributed by atoms with Crippen LogP contribution in [0.5, 0.6) is 0 Å². The van der Waals surface area contributed by atoms with E-state index >= 15 is 0 Å². The molecule has 1 aromatic rings. The fourth-order valence-corrected chi connectivity index (χ4v) is 5.32. The highest BCUT2D eigenvalue weighted by Gasteiger charge is 2.53. The lowest BCUT2D eigenvalue weighted by Crippen LogP contribution is -2.50. The first-order valence-corrected chi connectivity index (χ1v) is 8.71. The molecule has 2 fully saturated rings. The van der Waals surface area contributed by atoms with E-state index in [0.717, 1.165) is 0 Å². The SMILES string of the molecule is C/C=C1\CN2CCC3(c4cc(C)ccc4C)C=C(C)C1C[C@H]23. The van der Waals surface area contributed by atoms with E-state index in [1.807, 2.05) is 0 Å². The maximum absolute atomic E-state index is 2.75. The van der Waals surface area contributed by atoms with E-state index in [-0.39, 0.29) is 5.41 Å². The molecule has 22 heavy (non-hydrogen) atoms. The molecule has 2 bridgehead atoms. The van der Waals surface area contributed by atoms with Crippen molar-refractivity contribution in [1.29, 1.82) is 0 Å². The Morgan fingerprint density at radius 3 is 2.82 bits per heavy atom. The maximum Gasteiger partial charge on any atom is 0.0306 e. The summed E-state index contributed by atoms with van der Waals surface area (Å²) in [6.07, 6.45) is 7.61. The van der Waals surface area contributed by atoms with Gasteiger partial charge < -0.3 is 0 Å². The Morgan fingerprint density at radius 2 is 2.05 bits per heavy atom. The van der Waals surface area contributed by atoms with Crippen molar-refractivity contribution < 1.29 is 0 Å². The number of hydrogen-bond acceptors (Lipinski definition) is 1. The smallest absolute Gasteiger partial charge is 0.0306 e. The van der Waals surface area contributed by atoms with Gasteiger partial charge in [-0.2, -0.15) is 0 Å². The first kappa shape index (κ1) is 14.3. The number of allylic oxidation sites excluding steroid dienone is 2. The van der Waals surface area contributed by atoms with Gasteiger partial charge >= 0.3 is 0 Å². The highest BCUT2D eigenvalue weighted by molar-refractivity contribution is 5.48. The predicted octanol–water partition coefficient (Wildman–Crippen LogP) is 4.54. The number of benzene rings is 1. The zero-order valence-electron chi connectivity index (χ0n) is 14.3. The lowest BCUT2D eigenvalue weighted by atomic mass is 9.62. The number of aryl methyl sites for hydroxylation is 2. The van der Waals surface area contributed by atoms with Crippen molar-refractivity contribution in [3.8, 4) is 0 Å². The molecule has 0 spiro atoms. The normalized spacial score (nSPS) is 35.8. The molecule has 1 nitrogen and oxygen atoms in total. The van der Waals surface area contributed by atoms with Crippen molar-refractivity contribution in [3.05, 3.63) is 58.2 Å². The monoisotopic (exact) mass is 293 g/mol. The molecule has 2 aliphatic heterocycles. The van der Waals surface area contributed by atoms with E-state index in [1.54, 1.807) is 16.7 Å². The average Bonchev–Trinajstić information content (AvgIpc) is 2.90. The van der Waals surface area contributed by atoms with E-state index in [0.29, 0.717) is 12.0 Å². The number of rotatable bonds is 1. The minimum Gasteiger partial charge on any atom is -0.295 e. The molecule has 2 heterocycles. The van der Waals surface area contributed by atoms with Crippen molar-refractivity contribution in [2.75, 3.05) is 13.1 Å². The summed E-state index contributed by atoms with van der Waals surface area (Å²) in [5.41, 5.74) is 7.95. The fraction of sp³-hybridized carbons (Fsp3) is 0.524. The number of hydrogen-bond donors (Lipinski definition) is 0. The molecule has 1 aromatic carbocycles. The van der Waals surface area contributed by atoms with Gasteiger partial charge in [0.15, 0.2) is 0 Å². The second-order valence-electron chi connectivity index (χ2n) is 7.64. The third kappa shape index (κ3) is 1.81. The van der Waals surface area contributed by atoms with E-state index < -0.39 is 0 Å². The molecular formula is C21H27N. The van der Waals surface area contributed by atoms with Gasteiger partial charge in [0.25, 0.3) is 0 Å². The summed E-state index contributed by atoms with van der Waals surface area (Å²) in [4.78, 5) is 2.75. The summed E-state index contributed by atoms with van der Waals surface area (Å²) in [6, 6.07) is 7.72. The molecule has 2 unspecified atom stereocenters. The molecule has 2 saturated heterocycles. The Hall–Kier alpha value is -1.34. The van der Waals surface area contributed by atoms with Crippen LogP contribution in [0.2, 0.25) is 0 Å². The molecule has 0 aromatic heterocycles. The largest absolute Gasteiger partial charge is 0.295 e. The van der Waals surface area contributed by atoms with Gasteiger partial charge in [-0.15, -0.1) is 0 Å². The Balaban J connectivity index is 1.91. The highest BCUT2D eigenvalue weighted by atomic mass is 15.2. The molecule has 3 aliphatic rings. The van der Waals surface area contributed by atoms with Crippen molar-refractivity contribution in [1.82, 2.24) is 4.90 Å². The van der Waals surface area contributed by atoms with Crippen LogP contribution in [0.4, 0.5) is 0 Å². The second-order valence-corrected chi connectivity index (χ2v) is 7.64. The van der Waals surface area contributed by atoms with Crippen molar-refractivity contribution in [2.45, 2.75) is 52.0 Å². The summed E-state index contributed by atoms with van der Waals surface area (Å²) >= 11 is 0. The number of fused-ring (bicyclic) bond motifs is 1. The van der Waals surface area contributed by atoms with Crippen LogP contribution in [-0.4, -0.2) is 24.0 Å². The summed E-state index contributed by atoms with van der Waals surface area (Å²) in [6.45, 7) is 11.5. The second kappa shape index (κ2) is 4.83. The lowest BCUT2D eigenvalue weighted by molar-refractivity contribution is 0.168. The van der Waals surface area contributed by atoms with Gasteiger partial charge in [-0.3, -0.25) is 4.90 Å². The molecule has 1 aliphatic carbocycles. The molecule has 3 atom stereocenters. The van der Waals surface area contributed by atoms with Crippen molar-refractivity contribution in [3.63, 3.8) is 0 Å². The first-order chi connectivity index (χ1) is 10.5. The zero-order chi connectivity index (χ0) is 15.5. The minimum absolute atomic E-state index is 0.260. The van der Waals surface area contributed by atoms with Gasteiger partial charge in [-0.25, -0.2) is 0 Å². The molecular weight excluding hydrogens is 266 g/mol. The highest BCUT2D eigenvalue weighted by Crippen LogP contribution is 2.53. The van der Waals surface area contributed by atoms with Crippen LogP contribution in [0.3, 0.4) is 0 Å². The minimum atomic E-state index is 0.260. The van der Waals surface area contributed by atoms with E-state index in [4.69, 9.17) is 0 Å². The molecule has 4 rings (SSSR count). The van der Waals surface area contributed by atoms with Crippen LogP contribution in [0, 0.1) is 19.8 Å². The Kier molecular flexibility index (Phi) is 3.13. The maximum atomic E-state index is 2.75. The molecule has 0 amide bonds. The number of nitrogens with zero attached hydrogens (tertiary/aromatic N) is 1.